The van der Waals surface area contributed by atoms with Gasteiger partial charge in [-0.15, -0.1) is 0 Å². The highest BCUT2D eigenvalue weighted by Crippen LogP contribution is 2.14. The molecule has 10 nitrogen and oxygen atoms in total. The number of amides is 2. The van der Waals surface area contributed by atoms with Gasteiger partial charge in [0, 0.05) is 21.4 Å². The highest BCUT2D eigenvalue weighted by molar-refractivity contribution is 5.80. The van der Waals surface area contributed by atoms with Gasteiger partial charge in [0.25, 0.3) is 0 Å². The van der Waals surface area contributed by atoms with Crippen LogP contribution >= 0.6 is 0 Å². The molecule has 1 rings (SSSR count). The molecule has 0 aliphatic rings. The minimum absolute atomic E-state index is 0. The molecule has 0 fully saturated rings. The quantitative estimate of drug-likeness (QED) is 0.181. The molecule has 0 bridgehead atoms. The first-order chi connectivity index (χ1) is 15.2. The lowest BCUT2D eigenvalue weighted by molar-refractivity contribution is -0.129. The second-order valence-electron chi connectivity index (χ2n) is 6.90. The van der Waals surface area contributed by atoms with Crippen molar-refractivity contribution in [2.75, 3.05) is 39.6 Å². The van der Waals surface area contributed by atoms with Gasteiger partial charge >= 0.3 is 6.16 Å². The fourth-order valence-corrected chi connectivity index (χ4v) is 1.94. The lowest BCUT2D eigenvalue weighted by Crippen LogP contribution is -2.36. The van der Waals surface area contributed by atoms with E-state index in [9.17, 15) is 19.2 Å². The van der Waals surface area contributed by atoms with E-state index < -0.39 is 17.5 Å². The van der Waals surface area contributed by atoms with Crippen molar-refractivity contribution in [2.45, 2.75) is 41.5 Å². The third-order valence-electron chi connectivity index (χ3n) is 3.84. The van der Waals surface area contributed by atoms with Crippen LogP contribution in [0.15, 0.2) is 24.3 Å². The smallest absolute Gasteiger partial charge is 0.432 e. The van der Waals surface area contributed by atoms with Gasteiger partial charge in [-0.3, -0.25) is 14.4 Å². The first kappa shape index (κ1) is 32.2. The Bertz CT molecular complexity index is 716. The van der Waals surface area contributed by atoms with E-state index in [4.69, 9.17) is 24.7 Å². The van der Waals surface area contributed by atoms with Crippen LogP contribution in [0.4, 0.5) is 4.79 Å². The Labute approximate surface area is 199 Å². The van der Waals surface area contributed by atoms with Crippen LogP contribution < -0.4 is 15.8 Å². The summed E-state index contributed by atoms with van der Waals surface area (Å²) in [4.78, 5) is 44.8. The highest BCUT2D eigenvalue weighted by Gasteiger charge is 2.25. The Balaban J connectivity index is -0.000000935. The number of nitrogens with two attached hydrogens (primary N) is 1. The molecule has 192 valence electrons. The minimum atomic E-state index is -0.884. The summed E-state index contributed by atoms with van der Waals surface area (Å²) in [5, 5.41) is 2.65. The first-order valence-electron chi connectivity index (χ1n) is 10.4. The zero-order valence-electron chi connectivity index (χ0n) is 19.2. The number of rotatable bonds is 14. The SMILES string of the molecule is C.CC.CC(C)(COCCC(=O)NCCOCCOC(=O)Oc1ccc(C=O)cc1)C(N)=O.[HH].[HH]. The third kappa shape index (κ3) is 15.5. The van der Waals surface area contributed by atoms with Crippen LogP contribution in [0.2, 0.25) is 0 Å². The van der Waals surface area contributed by atoms with E-state index in [1.54, 1.807) is 13.8 Å². The average Bonchev–Trinajstić information content (AvgIpc) is 2.78. The molecule has 0 heterocycles. The molecular weight excluding hydrogens is 432 g/mol. The summed E-state index contributed by atoms with van der Waals surface area (Å²) in [6, 6.07) is 5.99. The summed E-state index contributed by atoms with van der Waals surface area (Å²) < 4.78 is 20.3. The van der Waals surface area contributed by atoms with Gasteiger partial charge in [-0.2, -0.15) is 0 Å². The van der Waals surface area contributed by atoms with Crippen molar-refractivity contribution in [1.29, 1.82) is 0 Å². The molecule has 33 heavy (non-hydrogen) atoms. The maximum atomic E-state index is 11.7. The van der Waals surface area contributed by atoms with Gasteiger partial charge in [0.15, 0.2) is 0 Å². The minimum Gasteiger partial charge on any atom is -0.432 e. The molecular formula is C23H42N2O8. The molecule has 10 heteroatoms. The molecule has 0 radical (unpaired) electrons. The molecule has 0 aromatic heterocycles. The van der Waals surface area contributed by atoms with Crippen molar-refractivity contribution in [3.8, 4) is 5.75 Å². The van der Waals surface area contributed by atoms with Gasteiger partial charge in [-0.1, -0.05) is 21.3 Å². The predicted molar refractivity (Wildman–Crippen MR) is 128 cm³/mol. The summed E-state index contributed by atoms with van der Waals surface area (Å²) in [5.41, 5.74) is 4.92. The molecule has 0 saturated heterocycles. The summed E-state index contributed by atoms with van der Waals surface area (Å²) >= 11 is 0. The molecule has 0 aliphatic carbocycles. The zero-order valence-corrected chi connectivity index (χ0v) is 19.2. The standard InChI is InChI=1S/C20H28N2O8.C2H6.CH4.2H2/c1-20(2,18(21)25)14-28-9-7-17(24)22-8-10-27-11-12-29-19(26)30-16-5-3-15(13-23)4-6-16;1-2;;;/h3-6,13H,7-12,14H2,1-2H3,(H2,21,25)(H,22,24);1-2H3;1H4;2*1H. The first-order valence-corrected chi connectivity index (χ1v) is 10.4. The summed E-state index contributed by atoms with van der Waals surface area (Å²) in [7, 11) is 0. The maximum Gasteiger partial charge on any atom is 0.513 e. The van der Waals surface area contributed by atoms with Crippen molar-refractivity contribution in [1.82, 2.24) is 5.32 Å². The fourth-order valence-electron chi connectivity index (χ4n) is 1.94. The Hall–Kier alpha value is -2.98. The van der Waals surface area contributed by atoms with Crippen molar-refractivity contribution >= 4 is 24.3 Å². The highest BCUT2D eigenvalue weighted by atomic mass is 16.7. The number of carbonyl (C=O) groups excluding carboxylic acids is 4. The Kier molecular flexibility index (Phi) is 18.1. The van der Waals surface area contributed by atoms with Crippen molar-refractivity contribution in [2.24, 2.45) is 11.1 Å². The maximum absolute atomic E-state index is 11.7. The van der Waals surface area contributed by atoms with Gasteiger partial charge in [0.1, 0.15) is 18.6 Å². The largest absolute Gasteiger partial charge is 0.513 e. The van der Waals surface area contributed by atoms with Crippen LogP contribution in [0.1, 0.15) is 54.8 Å². The van der Waals surface area contributed by atoms with Crippen LogP contribution in [0.25, 0.3) is 0 Å². The van der Waals surface area contributed by atoms with Crippen LogP contribution in [-0.4, -0.2) is 63.8 Å². The third-order valence-corrected chi connectivity index (χ3v) is 3.84. The molecule has 0 unspecified atom stereocenters. The molecule has 2 amide bonds. The number of ether oxygens (including phenoxy) is 4. The monoisotopic (exact) mass is 474 g/mol. The number of benzene rings is 1. The Morgan fingerprint density at radius 3 is 2.24 bits per heavy atom. The number of hydrogen-bond acceptors (Lipinski definition) is 8. The Morgan fingerprint density at radius 2 is 1.67 bits per heavy atom. The second kappa shape index (κ2) is 18.6. The fraction of sp³-hybridized carbons (Fsp3) is 0.565. The number of nitrogens with one attached hydrogen (secondary N) is 1. The van der Waals surface area contributed by atoms with Crippen molar-refractivity contribution < 1.29 is 41.0 Å². The molecule has 1 aromatic rings. The molecule has 0 spiro atoms. The summed E-state index contributed by atoms with van der Waals surface area (Å²) in [5.74, 6) is -0.415. The second-order valence-corrected chi connectivity index (χ2v) is 6.90. The number of carbonyl (C=O) groups is 4. The van der Waals surface area contributed by atoms with Crippen molar-refractivity contribution in [3.63, 3.8) is 0 Å². The van der Waals surface area contributed by atoms with E-state index in [2.05, 4.69) is 5.32 Å². The van der Waals surface area contributed by atoms with Crippen molar-refractivity contribution in [3.05, 3.63) is 29.8 Å². The van der Waals surface area contributed by atoms with E-state index >= 15 is 0 Å². The summed E-state index contributed by atoms with van der Waals surface area (Å²) in [6.45, 7) is 8.32. The van der Waals surface area contributed by atoms with Crippen LogP contribution in [0.3, 0.4) is 0 Å². The van der Waals surface area contributed by atoms with E-state index in [1.165, 1.54) is 24.3 Å². The van der Waals surface area contributed by atoms with Gasteiger partial charge < -0.3 is 30.0 Å². The normalized spacial score (nSPS) is 10.1. The van der Waals surface area contributed by atoms with Crippen LogP contribution in [-0.2, 0) is 23.8 Å². The Morgan fingerprint density at radius 1 is 1.03 bits per heavy atom. The van der Waals surface area contributed by atoms with Crippen LogP contribution in [0.5, 0.6) is 5.75 Å². The zero-order chi connectivity index (χ0) is 24.4. The lowest BCUT2D eigenvalue weighted by Gasteiger charge is -2.19. The molecule has 0 aliphatic heterocycles. The van der Waals surface area contributed by atoms with E-state index in [1.807, 2.05) is 13.8 Å². The van der Waals surface area contributed by atoms with E-state index in [0.717, 1.165) is 0 Å². The summed E-state index contributed by atoms with van der Waals surface area (Å²) in [6.07, 6.45) is -0.0501. The van der Waals surface area contributed by atoms with E-state index in [-0.39, 0.29) is 61.4 Å². The van der Waals surface area contributed by atoms with Gasteiger partial charge in [-0.05, 0) is 38.1 Å². The van der Waals surface area contributed by atoms with Gasteiger partial charge in [0.05, 0.1) is 31.8 Å². The average molecular weight is 475 g/mol. The molecule has 0 saturated carbocycles. The number of hydrogen-bond donors (Lipinski definition) is 2. The number of primary amides is 1. The van der Waals surface area contributed by atoms with Crippen LogP contribution in [0, 0.1) is 5.41 Å². The molecule has 1 aromatic carbocycles. The number of aldehydes is 1. The van der Waals surface area contributed by atoms with Gasteiger partial charge in [0.2, 0.25) is 11.8 Å². The van der Waals surface area contributed by atoms with E-state index in [0.29, 0.717) is 18.4 Å². The lowest BCUT2D eigenvalue weighted by atomic mass is 9.94. The van der Waals surface area contributed by atoms with Gasteiger partial charge in [-0.25, -0.2) is 4.79 Å². The topological polar surface area (TPSA) is 143 Å². The molecule has 0 atom stereocenters. The predicted octanol–water partition coefficient (Wildman–Crippen LogP) is 3.22. The molecule has 3 N–H and O–H groups in total.